The normalized spacial score (nSPS) is 9.12. The second-order valence-corrected chi connectivity index (χ2v) is 2.91. The molecule has 0 fully saturated rings. The third kappa shape index (κ3) is 4.63. The van der Waals surface area contributed by atoms with Gasteiger partial charge in [-0.2, -0.15) is 0 Å². The second kappa shape index (κ2) is 7.49. The van der Waals surface area contributed by atoms with Gasteiger partial charge in [-0.05, 0) is 18.6 Å². The Morgan fingerprint density at radius 2 is 1.75 bits per heavy atom. The lowest BCUT2D eigenvalue weighted by atomic mass is 10.1. The van der Waals surface area contributed by atoms with Gasteiger partial charge in [0.2, 0.25) is 0 Å². The highest BCUT2D eigenvalue weighted by Gasteiger charge is 2.07. The summed E-state index contributed by atoms with van der Waals surface area (Å²) in [4.78, 5) is 10.4. The number of nitrogens with two attached hydrogens (primary N) is 2. The fraction of sp³-hybridized carbons (Fsp3) is 0.300. The minimum atomic E-state index is -1.06. The van der Waals surface area contributed by atoms with Crippen LogP contribution in [0.5, 0.6) is 0 Å². The third-order valence-electron chi connectivity index (χ3n) is 1.69. The third-order valence-corrected chi connectivity index (χ3v) is 1.69. The molecule has 90 valence electrons. The lowest BCUT2D eigenvalue weighted by Gasteiger charge is -2.01. The lowest BCUT2D eigenvalue weighted by Crippen LogP contribution is -2.04. The van der Waals surface area contributed by atoms with Gasteiger partial charge in [0.15, 0.2) is 0 Å². The molecule has 0 saturated carbocycles. The predicted octanol–water partition coefficient (Wildman–Crippen LogP) is -0.0897. The van der Waals surface area contributed by atoms with Crippen molar-refractivity contribution in [2.24, 2.45) is 0 Å². The van der Waals surface area contributed by atoms with Crippen molar-refractivity contribution >= 4 is 17.3 Å². The van der Waals surface area contributed by atoms with Crippen LogP contribution in [0, 0.1) is 0 Å². The zero-order valence-electron chi connectivity index (χ0n) is 8.76. The minimum Gasteiger partial charge on any atom is -0.478 e. The highest BCUT2D eigenvalue weighted by Crippen LogP contribution is 2.18. The van der Waals surface area contributed by atoms with Gasteiger partial charge >= 0.3 is 5.97 Å². The van der Waals surface area contributed by atoms with E-state index in [-0.39, 0.29) is 24.5 Å². The Hall–Kier alpha value is -1.79. The number of carboxylic acid groups (broad SMARTS) is 1. The maximum Gasteiger partial charge on any atom is 0.337 e. The van der Waals surface area contributed by atoms with Gasteiger partial charge in [-0.1, -0.05) is 6.07 Å². The number of aliphatic hydroxyl groups excluding tert-OH is 2. The van der Waals surface area contributed by atoms with Crippen LogP contribution < -0.4 is 11.5 Å². The molecule has 16 heavy (non-hydrogen) atoms. The number of hydrogen-bond acceptors (Lipinski definition) is 5. The van der Waals surface area contributed by atoms with Crippen molar-refractivity contribution in [3.63, 3.8) is 0 Å². The Labute approximate surface area is 93.1 Å². The summed E-state index contributed by atoms with van der Waals surface area (Å²) >= 11 is 0. The van der Waals surface area contributed by atoms with Gasteiger partial charge in [-0.15, -0.1) is 0 Å². The summed E-state index contributed by atoms with van der Waals surface area (Å²) in [5, 5.41) is 24.4. The van der Waals surface area contributed by atoms with Crippen molar-refractivity contribution in [3.05, 3.63) is 23.8 Å². The van der Waals surface area contributed by atoms with E-state index in [1.807, 2.05) is 0 Å². The van der Waals surface area contributed by atoms with E-state index in [0.717, 1.165) is 0 Å². The molecular weight excluding hydrogens is 212 g/mol. The van der Waals surface area contributed by atoms with Crippen LogP contribution >= 0.6 is 0 Å². The molecule has 0 heterocycles. The van der Waals surface area contributed by atoms with Crippen LogP contribution in [-0.4, -0.2) is 34.5 Å². The molecule has 1 aromatic carbocycles. The average Bonchev–Trinajstić information content (AvgIpc) is 2.24. The molecule has 1 rings (SSSR count). The summed E-state index contributed by atoms with van der Waals surface area (Å²) in [5.74, 6) is -1.06. The smallest absolute Gasteiger partial charge is 0.337 e. The molecule has 0 aliphatic rings. The van der Waals surface area contributed by atoms with E-state index in [0.29, 0.717) is 12.1 Å². The Balaban J connectivity index is 0.000000385. The standard InChI is InChI=1S/C7H8N2O2.C3H8O2/c8-5-3-1-2-4(6(5)9)7(10)11;4-2-1-3-5/h1-3H,8-9H2,(H,10,11);4-5H,1-3H2. The topological polar surface area (TPSA) is 130 Å². The number of rotatable bonds is 3. The molecule has 0 unspecified atom stereocenters. The summed E-state index contributed by atoms with van der Waals surface area (Å²) in [6.07, 6.45) is 0.500. The summed E-state index contributed by atoms with van der Waals surface area (Å²) in [6.45, 7) is 0.188. The van der Waals surface area contributed by atoms with Crippen LogP contribution in [0.2, 0.25) is 0 Å². The van der Waals surface area contributed by atoms with Crippen LogP contribution in [0.1, 0.15) is 16.8 Å². The molecular formula is C10H16N2O4. The number of anilines is 2. The van der Waals surface area contributed by atoms with Crippen molar-refractivity contribution in [1.29, 1.82) is 0 Å². The molecule has 0 radical (unpaired) electrons. The number of para-hydroxylation sites is 1. The summed E-state index contributed by atoms with van der Waals surface area (Å²) < 4.78 is 0. The van der Waals surface area contributed by atoms with Crippen molar-refractivity contribution in [1.82, 2.24) is 0 Å². The van der Waals surface area contributed by atoms with E-state index in [1.165, 1.54) is 6.07 Å². The summed E-state index contributed by atoms with van der Waals surface area (Å²) in [5.41, 5.74) is 11.2. The monoisotopic (exact) mass is 228 g/mol. The van der Waals surface area contributed by atoms with Crippen LogP contribution in [0.4, 0.5) is 11.4 Å². The van der Waals surface area contributed by atoms with E-state index >= 15 is 0 Å². The fourth-order valence-electron chi connectivity index (χ4n) is 0.840. The number of carbonyl (C=O) groups is 1. The largest absolute Gasteiger partial charge is 0.478 e. The number of nitrogen functional groups attached to an aromatic ring is 2. The Bertz CT molecular complexity index is 340. The Morgan fingerprint density at radius 3 is 2.06 bits per heavy atom. The maximum absolute atomic E-state index is 10.4. The van der Waals surface area contributed by atoms with Gasteiger partial charge in [0.25, 0.3) is 0 Å². The SMILES string of the molecule is Nc1cccc(C(=O)O)c1N.OCCCO. The van der Waals surface area contributed by atoms with Crippen LogP contribution in [0.15, 0.2) is 18.2 Å². The first kappa shape index (κ1) is 14.2. The van der Waals surface area contributed by atoms with E-state index in [4.69, 9.17) is 26.8 Å². The molecule has 0 spiro atoms. The first-order valence-corrected chi connectivity index (χ1v) is 4.63. The van der Waals surface area contributed by atoms with Crippen molar-refractivity contribution in [3.8, 4) is 0 Å². The summed E-state index contributed by atoms with van der Waals surface area (Å²) in [6, 6.07) is 4.52. The van der Waals surface area contributed by atoms with Crippen molar-refractivity contribution < 1.29 is 20.1 Å². The zero-order chi connectivity index (χ0) is 12.6. The average molecular weight is 228 g/mol. The van der Waals surface area contributed by atoms with E-state index < -0.39 is 5.97 Å². The second-order valence-electron chi connectivity index (χ2n) is 2.91. The number of aliphatic hydroxyl groups is 2. The van der Waals surface area contributed by atoms with Crippen LogP contribution in [-0.2, 0) is 0 Å². The first-order valence-electron chi connectivity index (χ1n) is 4.63. The number of aromatic carboxylic acids is 1. The molecule has 0 aliphatic carbocycles. The lowest BCUT2D eigenvalue weighted by molar-refractivity contribution is 0.0698. The molecule has 0 amide bonds. The van der Waals surface area contributed by atoms with E-state index in [2.05, 4.69) is 0 Å². The quantitative estimate of drug-likeness (QED) is 0.460. The van der Waals surface area contributed by atoms with Crippen LogP contribution in [0.25, 0.3) is 0 Å². The molecule has 7 N–H and O–H groups in total. The van der Waals surface area contributed by atoms with Gasteiger partial charge in [0, 0.05) is 13.2 Å². The first-order chi connectivity index (χ1) is 7.54. The maximum atomic E-state index is 10.4. The fourth-order valence-corrected chi connectivity index (χ4v) is 0.840. The number of carboxylic acids is 1. The van der Waals surface area contributed by atoms with Gasteiger partial charge in [0.1, 0.15) is 0 Å². The molecule has 0 bridgehead atoms. The zero-order valence-corrected chi connectivity index (χ0v) is 8.76. The molecule has 1 aromatic rings. The predicted molar refractivity (Wildman–Crippen MR) is 61.0 cm³/mol. The molecule has 0 atom stereocenters. The molecule has 0 saturated heterocycles. The van der Waals surface area contributed by atoms with Crippen LogP contribution in [0.3, 0.4) is 0 Å². The minimum absolute atomic E-state index is 0.0463. The summed E-state index contributed by atoms with van der Waals surface area (Å²) in [7, 11) is 0. The molecule has 0 aromatic heterocycles. The van der Waals surface area contributed by atoms with Crippen molar-refractivity contribution in [2.45, 2.75) is 6.42 Å². The van der Waals surface area contributed by atoms with Gasteiger partial charge in [0.05, 0.1) is 16.9 Å². The number of hydrogen-bond donors (Lipinski definition) is 5. The van der Waals surface area contributed by atoms with Gasteiger partial charge in [-0.3, -0.25) is 0 Å². The Morgan fingerprint density at radius 1 is 1.19 bits per heavy atom. The van der Waals surface area contributed by atoms with E-state index in [1.54, 1.807) is 12.1 Å². The van der Waals surface area contributed by atoms with Gasteiger partial charge < -0.3 is 26.8 Å². The Kier molecular flexibility index (Phi) is 6.66. The highest BCUT2D eigenvalue weighted by molar-refractivity contribution is 5.96. The molecule has 6 heteroatoms. The number of benzene rings is 1. The molecule has 0 aliphatic heterocycles. The van der Waals surface area contributed by atoms with Gasteiger partial charge in [-0.25, -0.2) is 4.79 Å². The highest BCUT2D eigenvalue weighted by atomic mass is 16.4. The van der Waals surface area contributed by atoms with Crippen molar-refractivity contribution in [2.75, 3.05) is 24.7 Å². The van der Waals surface area contributed by atoms with E-state index in [9.17, 15) is 4.79 Å². The molecule has 6 nitrogen and oxygen atoms in total.